The van der Waals surface area contributed by atoms with Gasteiger partial charge in [0, 0.05) is 24.7 Å². The Balaban J connectivity index is 1.61. The zero-order valence-electron chi connectivity index (χ0n) is 13.8. The smallest absolute Gasteiger partial charge is 0.350 e. The van der Waals surface area contributed by atoms with Crippen LogP contribution in [0.1, 0.15) is 27.0 Å². The number of carbonyl (C=O) groups excluding carboxylic acids is 1. The summed E-state index contributed by atoms with van der Waals surface area (Å²) in [5, 5.41) is 2.83. The van der Waals surface area contributed by atoms with Crippen LogP contribution in [-0.4, -0.2) is 30.4 Å². The van der Waals surface area contributed by atoms with E-state index >= 15 is 0 Å². The van der Waals surface area contributed by atoms with Crippen molar-refractivity contribution in [2.75, 3.05) is 13.6 Å². The van der Waals surface area contributed by atoms with Gasteiger partial charge in [-0.3, -0.25) is 9.69 Å². The molecule has 1 heterocycles. The number of fused-ring (bicyclic) bond motifs is 1. The molecule has 1 aliphatic heterocycles. The van der Waals surface area contributed by atoms with Crippen molar-refractivity contribution in [1.29, 1.82) is 0 Å². The number of nitrogens with zero attached hydrogens (tertiary/aromatic N) is 1. The molecular weight excluding hydrogens is 329 g/mol. The van der Waals surface area contributed by atoms with Crippen LogP contribution >= 0.6 is 0 Å². The molecule has 0 aromatic heterocycles. The molecule has 2 aromatic rings. The SMILES string of the molecule is CN1Cc2ccccc2C[C@H]1CNC(=O)c1ccc(C(F)(F)F)cc1. The molecule has 3 nitrogen and oxygen atoms in total. The van der Waals surface area contributed by atoms with E-state index in [4.69, 9.17) is 0 Å². The maximum atomic E-state index is 12.6. The Hall–Kier alpha value is -2.34. The molecule has 1 aliphatic rings. The molecular formula is C19H19F3N2O. The Labute approximate surface area is 144 Å². The topological polar surface area (TPSA) is 32.3 Å². The Bertz CT molecular complexity index is 756. The summed E-state index contributed by atoms with van der Waals surface area (Å²) in [5.74, 6) is -0.360. The third-order valence-corrected chi connectivity index (χ3v) is 4.59. The summed E-state index contributed by atoms with van der Waals surface area (Å²) in [7, 11) is 2.00. The highest BCUT2D eigenvalue weighted by Crippen LogP contribution is 2.29. The molecule has 2 aromatic carbocycles. The predicted molar refractivity (Wildman–Crippen MR) is 89.2 cm³/mol. The summed E-state index contributed by atoms with van der Waals surface area (Å²) >= 11 is 0. The van der Waals surface area contributed by atoms with Gasteiger partial charge < -0.3 is 5.32 Å². The second-order valence-electron chi connectivity index (χ2n) is 6.33. The maximum Gasteiger partial charge on any atom is 0.416 e. The van der Waals surface area contributed by atoms with Gasteiger partial charge in [-0.2, -0.15) is 13.2 Å². The molecule has 25 heavy (non-hydrogen) atoms. The van der Waals surface area contributed by atoms with Gasteiger partial charge in [0.05, 0.1) is 5.56 Å². The van der Waals surface area contributed by atoms with Crippen molar-refractivity contribution in [3.63, 3.8) is 0 Å². The molecule has 132 valence electrons. The van der Waals surface area contributed by atoms with Crippen LogP contribution in [0.15, 0.2) is 48.5 Å². The highest BCUT2D eigenvalue weighted by atomic mass is 19.4. The zero-order chi connectivity index (χ0) is 18.0. The average Bonchev–Trinajstić information content (AvgIpc) is 2.59. The molecule has 0 fully saturated rings. The lowest BCUT2D eigenvalue weighted by Crippen LogP contribution is -2.45. The monoisotopic (exact) mass is 348 g/mol. The first-order valence-corrected chi connectivity index (χ1v) is 8.07. The average molecular weight is 348 g/mol. The minimum atomic E-state index is -4.40. The summed E-state index contributed by atoms with van der Waals surface area (Å²) < 4.78 is 37.7. The molecule has 0 spiro atoms. The summed E-state index contributed by atoms with van der Waals surface area (Å²) in [4.78, 5) is 14.4. The number of amides is 1. The fraction of sp³-hybridized carbons (Fsp3) is 0.316. The Morgan fingerprint density at radius 1 is 1.12 bits per heavy atom. The molecule has 1 atom stereocenters. The van der Waals surface area contributed by atoms with Gasteiger partial charge in [0.2, 0.25) is 0 Å². The number of alkyl halides is 3. The molecule has 1 amide bonds. The largest absolute Gasteiger partial charge is 0.416 e. The molecule has 0 saturated heterocycles. The quantitative estimate of drug-likeness (QED) is 0.921. The van der Waals surface area contributed by atoms with Crippen LogP contribution in [0.2, 0.25) is 0 Å². The minimum absolute atomic E-state index is 0.160. The highest BCUT2D eigenvalue weighted by Gasteiger charge is 2.30. The van der Waals surface area contributed by atoms with Crippen molar-refractivity contribution in [3.8, 4) is 0 Å². The van der Waals surface area contributed by atoms with Crippen molar-refractivity contribution in [2.45, 2.75) is 25.2 Å². The normalized spacial score (nSPS) is 17.8. The third-order valence-electron chi connectivity index (χ3n) is 4.59. The number of benzene rings is 2. The van der Waals surface area contributed by atoms with Gasteiger partial charge in [-0.05, 0) is 48.9 Å². The van der Waals surface area contributed by atoms with Crippen molar-refractivity contribution in [2.24, 2.45) is 0 Å². The molecule has 1 N–H and O–H groups in total. The van der Waals surface area contributed by atoms with Crippen LogP contribution in [-0.2, 0) is 19.1 Å². The fourth-order valence-electron chi connectivity index (χ4n) is 3.07. The molecule has 6 heteroatoms. The lowest BCUT2D eigenvalue weighted by Gasteiger charge is -2.34. The summed E-state index contributed by atoms with van der Waals surface area (Å²) in [6, 6.07) is 12.6. The van der Waals surface area contributed by atoms with Crippen LogP contribution in [0.3, 0.4) is 0 Å². The number of rotatable bonds is 3. The van der Waals surface area contributed by atoms with Crippen LogP contribution < -0.4 is 5.32 Å². The highest BCUT2D eigenvalue weighted by molar-refractivity contribution is 5.94. The molecule has 3 rings (SSSR count). The van der Waals surface area contributed by atoms with Gasteiger partial charge >= 0.3 is 6.18 Å². The van der Waals surface area contributed by atoms with Crippen LogP contribution in [0.25, 0.3) is 0 Å². The maximum absolute atomic E-state index is 12.6. The van der Waals surface area contributed by atoms with E-state index in [-0.39, 0.29) is 17.5 Å². The van der Waals surface area contributed by atoms with Crippen molar-refractivity contribution in [1.82, 2.24) is 10.2 Å². The van der Waals surface area contributed by atoms with Crippen LogP contribution in [0.4, 0.5) is 13.2 Å². The second-order valence-corrected chi connectivity index (χ2v) is 6.33. The fourth-order valence-corrected chi connectivity index (χ4v) is 3.07. The lowest BCUT2D eigenvalue weighted by molar-refractivity contribution is -0.137. The van der Waals surface area contributed by atoms with Gasteiger partial charge in [0.15, 0.2) is 0 Å². The van der Waals surface area contributed by atoms with Crippen molar-refractivity contribution >= 4 is 5.91 Å². The van der Waals surface area contributed by atoms with E-state index in [2.05, 4.69) is 22.3 Å². The zero-order valence-corrected chi connectivity index (χ0v) is 13.8. The molecule has 0 saturated carbocycles. The first-order chi connectivity index (χ1) is 11.8. The van der Waals surface area contributed by atoms with E-state index < -0.39 is 11.7 Å². The van der Waals surface area contributed by atoms with E-state index in [1.165, 1.54) is 23.3 Å². The van der Waals surface area contributed by atoms with E-state index in [9.17, 15) is 18.0 Å². The Morgan fingerprint density at radius 3 is 2.40 bits per heavy atom. The van der Waals surface area contributed by atoms with Gasteiger partial charge in [-0.1, -0.05) is 24.3 Å². The second kappa shape index (κ2) is 6.88. The molecule has 0 aliphatic carbocycles. The number of carbonyl (C=O) groups is 1. The van der Waals surface area contributed by atoms with Gasteiger partial charge in [-0.15, -0.1) is 0 Å². The molecule has 0 radical (unpaired) electrons. The van der Waals surface area contributed by atoms with Gasteiger partial charge in [0.25, 0.3) is 5.91 Å². The first kappa shape index (κ1) is 17.5. The van der Waals surface area contributed by atoms with E-state index in [0.29, 0.717) is 6.54 Å². The summed E-state index contributed by atoms with van der Waals surface area (Å²) in [6.07, 6.45) is -3.56. The van der Waals surface area contributed by atoms with E-state index in [0.717, 1.165) is 25.1 Å². The van der Waals surface area contributed by atoms with E-state index in [1.807, 2.05) is 19.2 Å². The number of halogens is 3. The minimum Gasteiger partial charge on any atom is -0.350 e. The van der Waals surface area contributed by atoms with Crippen molar-refractivity contribution < 1.29 is 18.0 Å². The predicted octanol–water partition coefficient (Wildman–Crippen LogP) is 3.49. The number of nitrogens with one attached hydrogen (secondary N) is 1. The van der Waals surface area contributed by atoms with Gasteiger partial charge in [-0.25, -0.2) is 0 Å². The van der Waals surface area contributed by atoms with E-state index in [1.54, 1.807) is 0 Å². The molecule has 0 unspecified atom stereocenters. The number of hydrogen-bond donors (Lipinski definition) is 1. The van der Waals surface area contributed by atoms with Gasteiger partial charge in [0.1, 0.15) is 0 Å². The Morgan fingerprint density at radius 2 is 1.76 bits per heavy atom. The lowest BCUT2D eigenvalue weighted by atomic mass is 9.94. The summed E-state index contributed by atoms with van der Waals surface area (Å²) in [6.45, 7) is 1.27. The number of hydrogen-bond acceptors (Lipinski definition) is 2. The Kier molecular flexibility index (Phi) is 4.81. The number of likely N-dealkylation sites (N-methyl/N-ethyl adjacent to an activating group) is 1. The summed E-state index contributed by atoms with van der Waals surface area (Å²) in [5.41, 5.74) is 2.03. The van der Waals surface area contributed by atoms with Crippen LogP contribution in [0, 0.1) is 0 Å². The van der Waals surface area contributed by atoms with Crippen LogP contribution in [0.5, 0.6) is 0 Å². The first-order valence-electron chi connectivity index (χ1n) is 8.07. The molecule has 0 bridgehead atoms. The standard InChI is InChI=1S/C19H19F3N2O/c1-24-12-15-5-3-2-4-14(15)10-17(24)11-23-18(25)13-6-8-16(9-7-13)19(20,21)22/h2-9,17H,10-12H2,1H3,(H,23,25)/t17-/m0/s1. The van der Waals surface area contributed by atoms with Crippen molar-refractivity contribution in [3.05, 3.63) is 70.8 Å². The third kappa shape index (κ3) is 4.02.